The second kappa shape index (κ2) is 12.6. The van der Waals surface area contributed by atoms with E-state index >= 15 is 0 Å². The Hall–Kier alpha value is -3.83. The van der Waals surface area contributed by atoms with Crippen LogP contribution >= 0.6 is 27.3 Å². The third kappa shape index (κ3) is 6.73. The summed E-state index contributed by atoms with van der Waals surface area (Å²) in [4.78, 5) is 50.6. The predicted molar refractivity (Wildman–Crippen MR) is 147 cm³/mol. The van der Waals surface area contributed by atoms with Crippen LogP contribution in [0.5, 0.6) is 5.75 Å². The summed E-state index contributed by atoms with van der Waals surface area (Å²) in [7, 11) is 0. The van der Waals surface area contributed by atoms with E-state index in [1.165, 1.54) is 17.6 Å². The molecule has 9 nitrogen and oxygen atoms in total. The second-order valence-corrected chi connectivity index (χ2v) is 10.3. The molecule has 3 aromatic rings. The summed E-state index contributed by atoms with van der Waals surface area (Å²) in [6, 6.07) is 13.2. The highest BCUT2D eigenvalue weighted by molar-refractivity contribution is 9.10. The Kier molecular flexibility index (Phi) is 9.03. The molecule has 1 aliphatic carbocycles. The molecule has 1 aromatic heterocycles. The zero-order valence-corrected chi connectivity index (χ0v) is 22.8. The van der Waals surface area contributed by atoms with Crippen molar-refractivity contribution in [3.63, 3.8) is 0 Å². The molecule has 0 saturated heterocycles. The molecule has 11 heteroatoms. The molecule has 1 heterocycles. The normalized spacial score (nSPS) is 12.5. The quantitative estimate of drug-likeness (QED) is 0.132. The first-order valence-electron chi connectivity index (χ1n) is 11.9. The van der Waals surface area contributed by atoms with Gasteiger partial charge < -0.3 is 14.8 Å². The summed E-state index contributed by atoms with van der Waals surface area (Å²) in [5, 5.41) is 6.67. The van der Waals surface area contributed by atoms with Crippen molar-refractivity contribution in [2.24, 2.45) is 5.10 Å². The van der Waals surface area contributed by atoms with Gasteiger partial charge in [0.1, 0.15) is 10.8 Å². The second-order valence-electron chi connectivity index (χ2n) is 8.25. The molecule has 38 heavy (non-hydrogen) atoms. The maximum absolute atomic E-state index is 12.5. The maximum atomic E-state index is 12.5. The average molecular weight is 598 g/mol. The van der Waals surface area contributed by atoms with Crippen LogP contribution in [0.3, 0.4) is 0 Å². The summed E-state index contributed by atoms with van der Waals surface area (Å²) in [5.41, 5.74) is 4.41. The zero-order chi connectivity index (χ0) is 27.1. The molecule has 0 unspecified atom stereocenters. The fraction of sp³-hybridized carbons (Fsp3) is 0.222. The molecule has 2 aromatic carbocycles. The van der Waals surface area contributed by atoms with Gasteiger partial charge in [0, 0.05) is 9.35 Å². The van der Waals surface area contributed by atoms with Crippen molar-refractivity contribution in [1.29, 1.82) is 0 Å². The highest BCUT2D eigenvalue weighted by atomic mass is 79.9. The van der Waals surface area contributed by atoms with Gasteiger partial charge in [-0.25, -0.2) is 15.0 Å². The monoisotopic (exact) mass is 597 g/mol. The lowest BCUT2D eigenvalue weighted by Crippen LogP contribution is -2.32. The number of ether oxygens (including phenoxy) is 2. The fourth-order valence-corrected chi connectivity index (χ4v) is 5.36. The summed E-state index contributed by atoms with van der Waals surface area (Å²) >= 11 is 4.61. The topological polar surface area (TPSA) is 123 Å². The highest BCUT2D eigenvalue weighted by Gasteiger charge is 2.28. The summed E-state index contributed by atoms with van der Waals surface area (Å²) in [6.45, 7) is 1.92. The largest absolute Gasteiger partial charge is 0.462 e. The van der Waals surface area contributed by atoms with Gasteiger partial charge in [-0.3, -0.25) is 9.59 Å². The fourth-order valence-electron chi connectivity index (χ4n) is 3.82. The van der Waals surface area contributed by atoms with Crippen molar-refractivity contribution in [3.8, 4) is 5.75 Å². The Morgan fingerprint density at radius 1 is 0.974 bits per heavy atom. The van der Waals surface area contributed by atoms with E-state index in [1.54, 1.807) is 55.5 Å². The van der Waals surface area contributed by atoms with E-state index in [0.29, 0.717) is 27.4 Å². The van der Waals surface area contributed by atoms with E-state index in [2.05, 4.69) is 31.8 Å². The minimum atomic E-state index is -0.984. The first kappa shape index (κ1) is 27.2. The molecule has 0 bridgehead atoms. The SMILES string of the molecule is CCOC(=O)c1c(NC(=O)C(=O)N/N=C\c2ccc(OC(=O)c3ccc(Br)cc3)cc2)sc2c1CCCC2. The predicted octanol–water partition coefficient (Wildman–Crippen LogP) is 4.87. The molecule has 2 N–H and O–H groups in total. The minimum Gasteiger partial charge on any atom is -0.462 e. The van der Waals surface area contributed by atoms with Crippen molar-refractivity contribution in [1.82, 2.24) is 5.43 Å². The van der Waals surface area contributed by atoms with E-state index < -0.39 is 23.8 Å². The number of rotatable bonds is 7. The van der Waals surface area contributed by atoms with E-state index in [1.807, 2.05) is 0 Å². The number of nitrogens with one attached hydrogen (secondary N) is 2. The average Bonchev–Trinajstić information content (AvgIpc) is 3.28. The Bertz CT molecular complexity index is 1380. The van der Waals surface area contributed by atoms with E-state index in [4.69, 9.17) is 9.47 Å². The Morgan fingerprint density at radius 3 is 2.39 bits per heavy atom. The number of hydrazone groups is 1. The summed E-state index contributed by atoms with van der Waals surface area (Å²) in [5.74, 6) is -2.58. The first-order valence-corrected chi connectivity index (χ1v) is 13.5. The molecule has 0 saturated carbocycles. The molecular weight excluding hydrogens is 574 g/mol. The van der Waals surface area contributed by atoms with Crippen LogP contribution in [0.2, 0.25) is 0 Å². The number of amides is 2. The van der Waals surface area contributed by atoms with Crippen molar-refractivity contribution in [2.75, 3.05) is 11.9 Å². The molecule has 196 valence electrons. The number of esters is 2. The number of anilines is 1. The number of aryl methyl sites for hydroxylation is 1. The van der Waals surface area contributed by atoms with Gasteiger partial charge in [-0.15, -0.1) is 11.3 Å². The first-order chi connectivity index (χ1) is 18.4. The van der Waals surface area contributed by atoms with Crippen LogP contribution in [-0.2, 0) is 27.2 Å². The lowest BCUT2D eigenvalue weighted by Gasteiger charge is -2.12. The number of halogens is 1. The molecule has 4 rings (SSSR count). The number of carbonyl (C=O) groups excluding carboxylic acids is 4. The minimum absolute atomic E-state index is 0.209. The van der Waals surface area contributed by atoms with Crippen LogP contribution < -0.4 is 15.5 Å². The molecule has 0 spiro atoms. The van der Waals surface area contributed by atoms with Crippen molar-refractivity contribution < 1.29 is 28.7 Å². The van der Waals surface area contributed by atoms with Gasteiger partial charge in [-0.1, -0.05) is 15.9 Å². The van der Waals surface area contributed by atoms with Gasteiger partial charge >= 0.3 is 23.8 Å². The Morgan fingerprint density at radius 2 is 1.68 bits per heavy atom. The van der Waals surface area contributed by atoms with Crippen LogP contribution in [0.1, 0.15) is 56.5 Å². The summed E-state index contributed by atoms with van der Waals surface area (Å²) < 4.78 is 11.4. The van der Waals surface area contributed by atoms with Gasteiger partial charge in [-0.05, 0) is 92.3 Å². The van der Waals surface area contributed by atoms with E-state index in [9.17, 15) is 19.2 Å². The molecule has 0 atom stereocenters. The zero-order valence-electron chi connectivity index (χ0n) is 20.4. The molecular formula is C27H24BrN3O6S. The Labute approximate surface area is 231 Å². The van der Waals surface area contributed by atoms with E-state index in [0.717, 1.165) is 40.6 Å². The maximum Gasteiger partial charge on any atom is 0.343 e. The van der Waals surface area contributed by atoms with Crippen molar-refractivity contribution in [2.45, 2.75) is 32.6 Å². The third-order valence-corrected chi connectivity index (χ3v) is 7.37. The highest BCUT2D eigenvalue weighted by Crippen LogP contribution is 2.38. The number of fused-ring (bicyclic) bond motifs is 1. The number of carbonyl (C=O) groups is 4. The van der Waals surface area contributed by atoms with Gasteiger partial charge in [0.25, 0.3) is 0 Å². The van der Waals surface area contributed by atoms with Crippen molar-refractivity contribution >= 4 is 62.2 Å². The number of thiophene rings is 1. The smallest absolute Gasteiger partial charge is 0.343 e. The van der Waals surface area contributed by atoms with Gasteiger partial charge in [0.2, 0.25) is 0 Å². The molecule has 2 amide bonds. The lowest BCUT2D eigenvalue weighted by molar-refractivity contribution is -0.136. The molecule has 0 aliphatic heterocycles. The van der Waals surface area contributed by atoms with Crippen LogP contribution in [-0.4, -0.2) is 36.6 Å². The number of nitrogens with zero attached hydrogens (tertiary/aromatic N) is 1. The standard InChI is InChI=1S/C27H24BrN3O6S/c1-2-36-27(35)22-20-5-3-4-6-21(20)38-25(22)30-23(32)24(33)31-29-15-16-7-13-19(14-8-16)37-26(34)17-9-11-18(28)12-10-17/h7-15H,2-6H2,1H3,(H,30,32)(H,31,33)/b29-15-. The molecule has 0 fully saturated rings. The van der Waals surface area contributed by atoms with E-state index in [-0.39, 0.29) is 6.61 Å². The van der Waals surface area contributed by atoms with Crippen LogP contribution in [0, 0.1) is 0 Å². The van der Waals surface area contributed by atoms with Crippen LogP contribution in [0.4, 0.5) is 5.00 Å². The number of hydrogen-bond acceptors (Lipinski definition) is 8. The van der Waals surface area contributed by atoms with Crippen LogP contribution in [0.25, 0.3) is 0 Å². The number of hydrogen-bond donors (Lipinski definition) is 2. The Balaban J connectivity index is 1.33. The third-order valence-electron chi connectivity index (χ3n) is 5.63. The van der Waals surface area contributed by atoms with Gasteiger partial charge in [-0.2, -0.15) is 5.10 Å². The van der Waals surface area contributed by atoms with Gasteiger partial charge in [0.15, 0.2) is 0 Å². The van der Waals surface area contributed by atoms with Gasteiger partial charge in [0.05, 0.1) is 23.9 Å². The number of benzene rings is 2. The molecule has 1 aliphatic rings. The van der Waals surface area contributed by atoms with Crippen molar-refractivity contribution in [3.05, 3.63) is 80.1 Å². The van der Waals surface area contributed by atoms with Crippen LogP contribution in [0.15, 0.2) is 58.1 Å². The molecule has 0 radical (unpaired) electrons. The summed E-state index contributed by atoms with van der Waals surface area (Å²) in [6.07, 6.45) is 4.86. The lowest BCUT2D eigenvalue weighted by atomic mass is 9.95.